The van der Waals surface area contributed by atoms with Crippen molar-refractivity contribution in [1.82, 2.24) is 25.6 Å². The van der Waals surface area contributed by atoms with E-state index < -0.39 is 11.7 Å². The fraction of sp³-hybridized carbons (Fsp3) is 0.421. The summed E-state index contributed by atoms with van der Waals surface area (Å²) in [4.78, 5) is 23.2. The van der Waals surface area contributed by atoms with E-state index in [2.05, 4.69) is 30.9 Å². The topological polar surface area (TPSA) is 94.7 Å². The van der Waals surface area contributed by atoms with E-state index in [0.29, 0.717) is 25.1 Å². The molecule has 0 radical (unpaired) electrons. The van der Waals surface area contributed by atoms with Crippen molar-refractivity contribution in [3.05, 3.63) is 41.4 Å². The Kier molecular flexibility index (Phi) is 5.27. The Bertz CT molecular complexity index is 931. The van der Waals surface area contributed by atoms with E-state index in [0.717, 1.165) is 25.6 Å². The number of carbonyl (C=O) groups excluding carboxylic acids is 1. The average Bonchev–Trinajstić information content (AvgIpc) is 3.09. The van der Waals surface area contributed by atoms with E-state index in [4.69, 9.17) is 0 Å². The Morgan fingerprint density at radius 3 is 2.86 bits per heavy atom. The van der Waals surface area contributed by atoms with Gasteiger partial charge in [-0.25, -0.2) is 9.97 Å². The second-order valence-corrected chi connectivity index (χ2v) is 7.08. The van der Waals surface area contributed by atoms with Crippen LogP contribution in [0.4, 0.5) is 19.1 Å². The monoisotopic (exact) mass is 406 g/mol. The van der Waals surface area contributed by atoms with Gasteiger partial charge in [0.2, 0.25) is 5.95 Å². The highest BCUT2D eigenvalue weighted by atomic mass is 19.4. The lowest BCUT2D eigenvalue weighted by Crippen LogP contribution is -2.38. The van der Waals surface area contributed by atoms with Crippen LogP contribution in [0.3, 0.4) is 0 Å². The first kappa shape index (κ1) is 19.4. The van der Waals surface area contributed by atoms with Crippen LogP contribution >= 0.6 is 0 Å². The highest BCUT2D eigenvalue weighted by Crippen LogP contribution is 2.38. The van der Waals surface area contributed by atoms with Crippen LogP contribution in [0, 0.1) is 0 Å². The molecule has 2 aromatic heterocycles. The lowest BCUT2D eigenvalue weighted by atomic mass is 10.00. The Balaban J connectivity index is 1.77. The maximum Gasteiger partial charge on any atom is 0.419 e. The minimum absolute atomic E-state index is 0.0499. The molecule has 1 fully saturated rings. The van der Waals surface area contributed by atoms with Crippen molar-refractivity contribution in [2.75, 3.05) is 25.0 Å². The lowest BCUT2D eigenvalue weighted by molar-refractivity contribution is -0.137. The highest BCUT2D eigenvalue weighted by molar-refractivity contribution is 5.96. The number of carbonyl (C=O) groups is 1. The summed E-state index contributed by atoms with van der Waals surface area (Å²) >= 11 is 0. The number of alkyl halides is 3. The van der Waals surface area contributed by atoms with Gasteiger partial charge < -0.3 is 20.9 Å². The molecular formula is C19H21F3N6O. The first-order chi connectivity index (χ1) is 13.9. The van der Waals surface area contributed by atoms with Crippen LogP contribution in [0.2, 0.25) is 0 Å². The summed E-state index contributed by atoms with van der Waals surface area (Å²) in [5.41, 5.74) is -0.188. The second-order valence-electron chi connectivity index (χ2n) is 7.08. The zero-order valence-electron chi connectivity index (χ0n) is 15.6. The summed E-state index contributed by atoms with van der Waals surface area (Å²) < 4.78 is 41.0. The van der Waals surface area contributed by atoms with Crippen LogP contribution in [0.25, 0.3) is 11.3 Å². The number of fused-ring (bicyclic) bond motifs is 1. The summed E-state index contributed by atoms with van der Waals surface area (Å²) in [5, 5.41) is 9.04. The molecule has 2 aromatic rings. The van der Waals surface area contributed by atoms with E-state index in [-0.39, 0.29) is 34.8 Å². The number of hydrogen-bond donors (Lipinski definition) is 4. The van der Waals surface area contributed by atoms with Gasteiger partial charge in [-0.3, -0.25) is 4.79 Å². The van der Waals surface area contributed by atoms with Crippen molar-refractivity contribution in [2.45, 2.75) is 31.5 Å². The van der Waals surface area contributed by atoms with Gasteiger partial charge in [0.1, 0.15) is 11.3 Å². The molecule has 4 rings (SSSR count). The van der Waals surface area contributed by atoms with Crippen molar-refractivity contribution in [3.63, 3.8) is 0 Å². The normalized spacial score (nSPS) is 19.8. The van der Waals surface area contributed by atoms with Crippen LogP contribution in [-0.4, -0.2) is 46.5 Å². The fourth-order valence-electron chi connectivity index (χ4n) is 3.63. The zero-order chi connectivity index (χ0) is 20.4. The molecule has 10 heteroatoms. The Morgan fingerprint density at radius 1 is 1.24 bits per heavy atom. The number of hydrogen-bond acceptors (Lipinski definition) is 5. The van der Waals surface area contributed by atoms with Gasteiger partial charge in [-0.15, -0.1) is 0 Å². The van der Waals surface area contributed by atoms with Crippen LogP contribution in [0.15, 0.2) is 24.5 Å². The van der Waals surface area contributed by atoms with Crippen molar-refractivity contribution in [1.29, 1.82) is 0 Å². The zero-order valence-corrected chi connectivity index (χ0v) is 15.6. The molecule has 7 nitrogen and oxygen atoms in total. The molecular weight excluding hydrogens is 385 g/mol. The molecule has 1 saturated heterocycles. The molecule has 29 heavy (non-hydrogen) atoms. The van der Waals surface area contributed by atoms with E-state index in [9.17, 15) is 18.0 Å². The highest BCUT2D eigenvalue weighted by Gasteiger charge is 2.37. The molecule has 4 N–H and O–H groups in total. The molecule has 0 bridgehead atoms. The van der Waals surface area contributed by atoms with E-state index >= 15 is 0 Å². The van der Waals surface area contributed by atoms with Gasteiger partial charge in [0.05, 0.1) is 5.69 Å². The number of aromatic amines is 1. The number of amides is 1. The van der Waals surface area contributed by atoms with Gasteiger partial charge in [-0.2, -0.15) is 13.2 Å². The number of aromatic nitrogens is 3. The van der Waals surface area contributed by atoms with Crippen LogP contribution in [-0.2, 0) is 12.6 Å². The average molecular weight is 406 g/mol. The molecule has 2 aliphatic rings. The molecule has 1 atom stereocenters. The van der Waals surface area contributed by atoms with Crippen molar-refractivity contribution in [3.8, 4) is 11.3 Å². The van der Waals surface area contributed by atoms with Crippen molar-refractivity contribution < 1.29 is 18.0 Å². The van der Waals surface area contributed by atoms with Crippen molar-refractivity contribution in [2.24, 2.45) is 0 Å². The summed E-state index contributed by atoms with van der Waals surface area (Å²) in [7, 11) is 0. The van der Waals surface area contributed by atoms with E-state index in [1.54, 1.807) is 6.08 Å². The van der Waals surface area contributed by atoms with Gasteiger partial charge in [0.15, 0.2) is 0 Å². The van der Waals surface area contributed by atoms with Crippen LogP contribution < -0.4 is 16.0 Å². The summed E-state index contributed by atoms with van der Waals surface area (Å²) in [5.74, 6) is -0.215. The fourth-order valence-corrected chi connectivity index (χ4v) is 3.63. The Hall–Kier alpha value is -2.88. The number of anilines is 1. The predicted molar refractivity (Wildman–Crippen MR) is 102 cm³/mol. The lowest BCUT2D eigenvalue weighted by Gasteiger charge is -2.24. The van der Waals surface area contributed by atoms with Gasteiger partial charge in [0, 0.05) is 37.1 Å². The summed E-state index contributed by atoms with van der Waals surface area (Å²) in [6.07, 6.45) is 3.37. The molecule has 0 aliphatic carbocycles. The third kappa shape index (κ3) is 4.12. The number of nitrogens with one attached hydrogen (secondary N) is 4. The molecule has 0 unspecified atom stereocenters. The van der Waals surface area contributed by atoms with Crippen LogP contribution in [0.5, 0.6) is 0 Å². The SMILES string of the molecule is O=C1NCC=CCc2c(-c3nc(N[C@H]4CCCNC4)ncc3C(F)(F)F)c[nH]c21. The Labute approximate surface area is 165 Å². The molecule has 2 aliphatic heterocycles. The number of nitrogens with zero attached hydrogens (tertiary/aromatic N) is 2. The second kappa shape index (κ2) is 7.86. The van der Waals surface area contributed by atoms with Gasteiger partial charge in [0.25, 0.3) is 5.91 Å². The van der Waals surface area contributed by atoms with E-state index in [1.165, 1.54) is 6.20 Å². The minimum atomic E-state index is -4.62. The first-order valence-electron chi connectivity index (χ1n) is 9.49. The maximum atomic E-state index is 13.7. The van der Waals surface area contributed by atoms with Crippen molar-refractivity contribution >= 4 is 11.9 Å². The van der Waals surface area contributed by atoms with Gasteiger partial charge in [-0.1, -0.05) is 12.2 Å². The van der Waals surface area contributed by atoms with Gasteiger partial charge in [-0.05, 0) is 31.4 Å². The molecule has 0 saturated carbocycles. The number of H-pyrrole nitrogens is 1. The smallest absolute Gasteiger partial charge is 0.356 e. The van der Waals surface area contributed by atoms with E-state index in [1.807, 2.05) is 6.08 Å². The molecule has 0 spiro atoms. The van der Waals surface area contributed by atoms with Crippen LogP contribution in [0.1, 0.15) is 34.5 Å². The third-order valence-electron chi connectivity index (χ3n) is 5.06. The van der Waals surface area contributed by atoms with Gasteiger partial charge >= 0.3 is 6.18 Å². The Morgan fingerprint density at radius 2 is 2.10 bits per heavy atom. The molecule has 0 aromatic carbocycles. The molecule has 154 valence electrons. The largest absolute Gasteiger partial charge is 0.419 e. The first-order valence-corrected chi connectivity index (χ1v) is 9.49. The number of allylic oxidation sites excluding steroid dienone is 1. The minimum Gasteiger partial charge on any atom is -0.356 e. The third-order valence-corrected chi connectivity index (χ3v) is 5.06. The molecule has 1 amide bonds. The maximum absolute atomic E-state index is 13.7. The number of piperidine rings is 1. The quantitative estimate of drug-likeness (QED) is 0.588. The molecule has 4 heterocycles. The number of rotatable bonds is 3. The summed E-state index contributed by atoms with van der Waals surface area (Å²) in [6, 6.07) is 0.0499. The number of halogens is 3. The predicted octanol–water partition coefficient (Wildman–Crippen LogP) is 2.50. The summed E-state index contributed by atoms with van der Waals surface area (Å²) in [6.45, 7) is 1.99. The standard InChI is InChI=1S/C19H21F3N6O/c20-19(21,22)14-10-26-18(27-11-4-3-6-23-8-11)28-15(14)13-9-25-16-12(13)5-1-2-7-24-17(16)29/h1-2,9-11,23,25H,3-8H2,(H,24,29)(H,26,27,28)/t11-/m0/s1.